The summed E-state index contributed by atoms with van der Waals surface area (Å²) in [4.78, 5) is 23.9. The van der Waals surface area contributed by atoms with Gasteiger partial charge in [-0.25, -0.2) is 0 Å². The first-order chi connectivity index (χ1) is 12.7. The number of hydrogen-bond acceptors (Lipinski definition) is 4. The lowest BCUT2D eigenvalue weighted by Crippen LogP contribution is -2.49. The molecule has 0 aliphatic heterocycles. The zero-order chi connectivity index (χ0) is 20.0. The molecule has 142 valence electrons. The fraction of sp³-hybridized carbons (Fsp3) is 0.0625. The number of benzene rings is 2. The summed E-state index contributed by atoms with van der Waals surface area (Å²) in [5.41, 5.74) is 4.89. The predicted molar refractivity (Wildman–Crippen MR) is 112 cm³/mol. The SMILES string of the molecule is O=C(COc1ccc(Br)cc1Cl)NNC(=S)NC(=O)c1cc(Cl)cc(Cl)c1. The lowest BCUT2D eigenvalue weighted by atomic mass is 10.2. The number of nitrogens with one attached hydrogen (secondary N) is 3. The standard InChI is InChI=1S/C16H11BrCl3N3O3S/c17-9-1-2-13(12(20)5-9)26-7-14(24)22-23-16(27)21-15(25)8-3-10(18)6-11(19)4-8/h1-6H,7H2,(H,22,24)(H2,21,23,25,27). The van der Waals surface area contributed by atoms with Crippen molar-refractivity contribution in [1.29, 1.82) is 0 Å². The average Bonchev–Trinajstić information content (AvgIpc) is 2.58. The van der Waals surface area contributed by atoms with Gasteiger partial charge in [-0.15, -0.1) is 0 Å². The summed E-state index contributed by atoms with van der Waals surface area (Å²) in [5, 5.41) is 3.23. The lowest BCUT2D eigenvalue weighted by Gasteiger charge is -2.12. The van der Waals surface area contributed by atoms with Crippen LogP contribution in [0.2, 0.25) is 15.1 Å². The number of carbonyl (C=O) groups excluding carboxylic acids is 2. The Bertz CT molecular complexity index is 878. The van der Waals surface area contributed by atoms with Crippen molar-refractivity contribution in [2.24, 2.45) is 0 Å². The number of hydrazine groups is 1. The zero-order valence-corrected chi connectivity index (χ0v) is 18.0. The summed E-state index contributed by atoms with van der Waals surface area (Å²) in [6.45, 7) is -0.311. The van der Waals surface area contributed by atoms with E-state index in [9.17, 15) is 9.59 Å². The molecule has 0 aromatic heterocycles. The Balaban J connectivity index is 1.79. The summed E-state index contributed by atoms with van der Waals surface area (Å²) >= 11 is 25.9. The van der Waals surface area contributed by atoms with Crippen molar-refractivity contribution >= 4 is 79.9 Å². The highest BCUT2D eigenvalue weighted by Crippen LogP contribution is 2.27. The Kier molecular flexibility index (Phi) is 8.12. The van der Waals surface area contributed by atoms with Crippen molar-refractivity contribution in [3.8, 4) is 5.75 Å². The normalized spacial score (nSPS) is 10.1. The van der Waals surface area contributed by atoms with Crippen LogP contribution in [0.25, 0.3) is 0 Å². The molecule has 0 bridgehead atoms. The van der Waals surface area contributed by atoms with Gasteiger partial charge >= 0.3 is 0 Å². The van der Waals surface area contributed by atoms with Crippen LogP contribution in [-0.4, -0.2) is 23.5 Å². The van der Waals surface area contributed by atoms with Gasteiger partial charge in [0.1, 0.15) is 5.75 Å². The molecular formula is C16H11BrCl3N3O3S. The lowest BCUT2D eigenvalue weighted by molar-refractivity contribution is -0.123. The van der Waals surface area contributed by atoms with Crippen LogP contribution >= 0.6 is 63.0 Å². The van der Waals surface area contributed by atoms with E-state index in [0.717, 1.165) is 4.47 Å². The van der Waals surface area contributed by atoms with Gasteiger partial charge in [0.15, 0.2) is 11.7 Å². The number of thiocarbonyl (C=S) groups is 1. The van der Waals surface area contributed by atoms with Gasteiger partial charge in [-0.05, 0) is 48.6 Å². The number of hydrogen-bond donors (Lipinski definition) is 3. The van der Waals surface area contributed by atoms with Gasteiger partial charge in [-0.2, -0.15) is 0 Å². The molecule has 0 saturated carbocycles. The summed E-state index contributed by atoms with van der Waals surface area (Å²) in [5.74, 6) is -0.718. The minimum absolute atomic E-state index is 0.119. The molecule has 27 heavy (non-hydrogen) atoms. The fourth-order valence-electron chi connectivity index (χ4n) is 1.79. The minimum atomic E-state index is -0.538. The van der Waals surface area contributed by atoms with Crippen LogP contribution in [0.1, 0.15) is 10.4 Å². The molecular weight excluding hydrogens is 501 g/mol. The number of carbonyl (C=O) groups is 2. The van der Waals surface area contributed by atoms with E-state index in [1.54, 1.807) is 18.2 Å². The molecule has 0 aliphatic rings. The Hall–Kier alpha value is -1.58. The van der Waals surface area contributed by atoms with Gasteiger partial charge in [0.25, 0.3) is 11.8 Å². The first-order valence-electron chi connectivity index (χ1n) is 7.18. The average molecular weight is 512 g/mol. The number of rotatable bonds is 4. The first-order valence-corrected chi connectivity index (χ1v) is 9.52. The molecule has 0 aliphatic carbocycles. The summed E-state index contributed by atoms with van der Waals surface area (Å²) in [6, 6.07) is 9.34. The number of halogens is 4. The molecule has 2 aromatic carbocycles. The first kappa shape index (κ1) is 21.7. The molecule has 2 aromatic rings. The van der Waals surface area contributed by atoms with Crippen molar-refractivity contribution < 1.29 is 14.3 Å². The second kappa shape index (κ2) is 10.1. The number of ether oxygens (including phenoxy) is 1. The van der Waals surface area contributed by atoms with Crippen molar-refractivity contribution in [2.45, 2.75) is 0 Å². The van der Waals surface area contributed by atoms with E-state index < -0.39 is 11.8 Å². The zero-order valence-electron chi connectivity index (χ0n) is 13.3. The van der Waals surface area contributed by atoms with E-state index in [2.05, 4.69) is 32.1 Å². The monoisotopic (exact) mass is 509 g/mol. The molecule has 0 spiro atoms. The topological polar surface area (TPSA) is 79.5 Å². The van der Waals surface area contributed by atoms with Crippen LogP contribution in [0.15, 0.2) is 40.9 Å². The van der Waals surface area contributed by atoms with E-state index in [1.807, 2.05) is 0 Å². The van der Waals surface area contributed by atoms with Crippen LogP contribution in [0.5, 0.6) is 5.75 Å². The maximum absolute atomic E-state index is 12.1. The Morgan fingerprint density at radius 2 is 1.70 bits per heavy atom. The predicted octanol–water partition coefficient (Wildman–Crippen LogP) is 4.12. The van der Waals surface area contributed by atoms with Crippen LogP contribution < -0.4 is 20.9 Å². The van der Waals surface area contributed by atoms with Crippen molar-refractivity contribution in [2.75, 3.05) is 6.61 Å². The van der Waals surface area contributed by atoms with Gasteiger partial charge < -0.3 is 4.74 Å². The van der Waals surface area contributed by atoms with Crippen LogP contribution in [-0.2, 0) is 4.79 Å². The van der Waals surface area contributed by atoms with E-state index in [-0.39, 0.29) is 17.3 Å². The maximum atomic E-state index is 12.1. The molecule has 0 atom stereocenters. The molecule has 11 heteroatoms. The molecule has 3 N–H and O–H groups in total. The highest BCUT2D eigenvalue weighted by molar-refractivity contribution is 9.10. The van der Waals surface area contributed by atoms with E-state index in [0.29, 0.717) is 20.8 Å². The van der Waals surface area contributed by atoms with E-state index in [4.69, 9.17) is 51.8 Å². The van der Waals surface area contributed by atoms with Gasteiger partial charge in [-0.3, -0.25) is 25.8 Å². The smallest absolute Gasteiger partial charge is 0.276 e. The molecule has 2 rings (SSSR count). The number of amides is 2. The third-order valence-corrected chi connectivity index (χ3v) is 4.35. The molecule has 0 saturated heterocycles. The highest BCUT2D eigenvalue weighted by atomic mass is 79.9. The summed E-state index contributed by atoms with van der Waals surface area (Å²) in [7, 11) is 0. The molecule has 0 fully saturated rings. The highest BCUT2D eigenvalue weighted by Gasteiger charge is 2.11. The molecule has 0 radical (unpaired) electrons. The second-order valence-corrected chi connectivity index (χ2v) is 7.58. The van der Waals surface area contributed by atoms with Gasteiger partial charge in [0, 0.05) is 20.1 Å². The van der Waals surface area contributed by atoms with Gasteiger partial charge in [0.2, 0.25) is 0 Å². The molecule has 0 heterocycles. The maximum Gasteiger partial charge on any atom is 0.276 e. The van der Waals surface area contributed by atoms with Crippen LogP contribution in [0, 0.1) is 0 Å². The quantitative estimate of drug-likeness (QED) is 0.425. The molecule has 6 nitrogen and oxygen atoms in total. The van der Waals surface area contributed by atoms with Gasteiger partial charge in [-0.1, -0.05) is 50.7 Å². The third kappa shape index (κ3) is 7.15. The Morgan fingerprint density at radius 1 is 1.04 bits per heavy atom. The van der Waals surface area contributed by atoms with Crippen molar-refractivity contribution in [3.05, 3.63) is 61.5 Å². The Morgan fingerprint density at radius 3 is 2.33 bits per heavy atom. The largest absolute Gasteiger partial charge is 0.482 e. The van der Waals surface area contributed by atoms with E-state index >= 15 is 0 Å². The summed E-state index contributed by atoms with van der Waals surface area (Å²) in [6.07, 6.45) is 0. The van der Waals surface area contributed by atoms with Crippen LogP contribution in [0.4, 0.5) is 0 Å². The Labute approximate surface area is 183 Å². The summed E-state index contributed by atoms with van der Waals surface area (Å²) < 4.78 is 6.08. The van der Waals surface area contributed by atoms with E-state index in [1.165, 1.54) is 18.2 Å². The minimum Gasteiger partial charge on any atom is -0.482 e. The molecule has 2 amide bonds. The van der Waals surface area contributed by atoms with Crippen molar-refractivity contribution in [1.82, 2.24) is 16.2 Å². The molecule has 0 unspecified atom stereocenters. The fourth-order valence-corrected chi connectivity index (χ4v) is 3.19. The third-order valence-electron chi connectivity index (χ3n) is 2.92. The van der Waals surface area contributed by atoms with Crippen molar-refractivity contribution in [3.63, 3.8) is 0 Å². The van der Waals surface area contributed by atoms with Crippen LogP contribution in [0.3, 0.4) is 0 Å². The van der Waals surface area contributed by atoms with Gasteiger partial charge in [0.05, 0.1) is 5.02 Å². The second-order valence-electron chi connectivity index (χ2n) is 4.98.